The molecule has 0 aromatic heterocycles. The summed E-state index contributed by atoms with van der Waals surface area (Å²) in [5, 5.41) is 13.2. The van der Waals surface area contributed by atoms with E-state index in [9.17, 15) is 23.1 Å². The lowest BCUT2D eigenvalue weighted by Gasteiger charge is -2.53. The molecule has 9 heteroatoms. The van der Waals surface area contributed by atoms with Crippen molar-refractivity contribution < 1.29 is 23.1 Å². The smallest absolute Gasteiger partial charge is 0.321 e. The minimum Gasteiger partial charge on any atom is -0.480 e. The standard InChI is InChI=1S/C28H33ClN2O5S/c29-23-7-3-19(4-8-23)20-5-9-24(10-6-20)37(35,36)31-25(28(33)34)2-1-11-30-27(32)26-21-13-17-12-18(15-21)16-22(26)14-17/h3-10,17-18,21-22,25-26,31H,1-2,11-16H2,(H,30,32)(H,33,34)/t17?,18?,21?,22?,25-,26?/m0/s1. The van der Waals surface area contributed by atoms with E-state index >= 15 is 0 Å². The number of amides is 1. The van der Waals surface area contributed by atoms with Gasteiger partial charge in [-0.2, -0.15) is 4.72 Å². The van der Waals surface area contributed by atoms with Gasteiger partial charge in [-0.25, -0.2) is 8.42 Å². The zero-order valence-electron chi connectivity index (χ0n) is 20.6. The van der Waals surface area contributed by atoms with Gasteiger partial charge in [0.05, 0.1) is 4.90 Å². The molecular weight excluding hydrogens is 512 g/mol. The summed E-state index contributed by atoms with van der Waals surface area (Å²) in [4.78, 5) is 24.7. The molecule has 0 aliphatic heterocycles. The van der Waals surface area contributed by atoms with Gasteiger partial charge in [0.2, 0.25) is 15.9 Å². The van der Waals surface area contributed by atoms with E-state index in [1.54, 1.807) is 24.3 Å². The van der Waals surface area contributed by atoms with Gasteiger partial charge in [0, 0.05) is 17.5 Å². The van der Waals surface area contributed by atoms with Crippen LogP contribution in [0.25, 0.3) is 11.1 Å². The Morgan fingerprint density at radius 1 is 0.892 bits per heavy atom. The predicted octanol–water partition coefficient (Wildman–Crippen LogP) is 4.71. The molecule has 0 heterocycles. The number of sulfonamides is 1. The first-order valence-corrected chi connectivity index (χ1v) is 14.9. The highest BCUT2D eigenvalue weighted by Crippen LogP contribution is 2.56. The van der Waals surface area contributed by atoms with E-state index in [2.05, 4.69) is 10.0 Å². The molecule has 0 unspecified atom stereocenters. The fourth-order valence-electron chi connectivity index (χ4n) is 6.95. The normalized spacial score (nSPS) is 27.1. The number of carboxylic acid groups (broad SMARTS) is 1. The van der Waals surface area contributed by atoms with Crippen LogP contribution in [0, 0.1) is 29.6 Å². The monoisotopic (exact) mass is 544 g/mol. The first-order chi connectivity index (χ1) is 17.7. The highest BCUT2D eigenvalue weighted by atomic mass is 35.5. The average molecular weight is 545 g/mol. The van der Waals surface area contributed by atoms with E-state index in [0.717, 1.165) is 48.6 Å². The summed E-state index contributed by atoms with van der Waals surface area (Å²) in [5.41, 5.74) is 1.71. The number of nitrogens with one attached hydrogen (secondary N) is 2. The van der Waals surface area contributed by atoms with Crippen molar-refractivity contribution >= 4 is 33.5 Å². The molecule has 4 aliphatic rings. The third-order valence-electron chi connectivity index (χ3n) is 8.44. The van der Waals surface area contributed by atoms with Gasteiger partial charge in [0.15, 0.2) is 0 Å². The second-order valence-corrected chi connectivity index (χ2v) is 13.1. The third-order valence-corrected chi connectivity index (χ3v) is 10.2. The first-order valence-electron chi connectivity index (χ1n) is 13.1. The quantitative estimate of drug-likeness (QED) is 0.375. The lowest BCUT2D eigenvalue weighted by molar-refractivity contribution is -0.139. The second kappa shape index (κ2) is 10.8. The van der Waals surface area contributed by atoms with Crippen molar-refractivity contribution in [1.82, 2.24) is 10.0 Å². The lowest BCUT2D eigenvalue weighted by Crippen LogP contribution is -2.51. The number of carboxylic acids is 1. The van der Waals surface area contributed by atoms with E-state index in [4.69, 9.17) is 11.6 Å². The van der Waals surface area contributed by atoms with Gasteiger partial charge >= 0.3 is 5.97 Å². The van der Waals surface area contributed by atoms with Gasteiger partial charge in [-0.1, -0.05) is 35.9 Å². The highest BCUT2D eigenvalue weighted by Gasteiger charge is 2.50. The van der Waals surface area contributed by atoms with E-state index < -0.39 is 22.0 Å². The maximum Gasteiger partial charge on any atom is 0.321 e. The van der Waals surface area contributed by atoms with Crippen molar-refractivity contribution in [1.29, 1.82) is 0 Å². The van der Waals surface area contributed by atoms with Crippen LogP contribution in [0.2, 0.25) is 5.02 Å². The van der Waals surface area contributed by atoms with Crippen LogP contribution in [-0.4, -0.2) is 38.0 Å². The molecule has 1 atom stereocenters. The molecule has 0 saturated heterocycles. The number of carbonyl (C=O) groups is 2. The van der Waals surface area contributed by atoms with Gasteiger partial charge in [-0.15, -0.1) is 0 Å². The SMILES string of the molecule is O=C(NCCC[C@H](NS(=O)(=O)c1ccc(-c2ccc(Cl)cc2)cc1)C(=O)O)C1C2CC3CC(C2)CC1C3. The molecule has 0 spiro atoms. The third kappa shape index (κ3) is 5.86. The van der Waals surface area contributed by atoms with Gasteiger partial charge in [0.25, 0.3) is 0 Å². The molecule has 2 aromatic carbocycles. The van der Waals surface area contributed by atoms with Gasteiger partial charge in [-0.05, 0) is 104 Å². The van der Waals surface area contributed by atoms with Crippen molar-refractivity contribution in [2.24, 2.45) is 29.6 Å². The Morgan fingerprint density at radius 3 is 1.97 bits per heavy atom. The zero-order valence-corrected chi connectivity index (χ0v) is 22.2. The Bertz CT molecular complexity index is 1220. The molecule has 6 rings (SSSR count). The first kappa shape index (κ1) is 26.2. The largest absolute Gasteiger partial charge is 0.480 e. The molecule has 198 valence electrons. The molecule has 4 saturated carbocycles. The second-order valence-electron chi connectivity index (χ2n) is 10.9. The lowest BCUT2D eigenvalue weighted by atomic mass is 9.51. The fraction of sp³-hybridized carbons (Fsp3) is 0.500. The molecule has 7 nitrogen and oxygen atoms in total. The molecule has 37 heavy (non-hydrogen) atoms. The summed E-state index contributed by atoms with van der Waals surface area (Å²) in [6.45, 7) is 0.336. The Kier molecular flexibility index (Phi) is 7.61. The van der Waals surface area contributed by atoms with Crippen LogP contribution in [0.1, 0.15) is 44.9 Å². The Morgan fingerprint density at radius 2 is 1.43 bits per heavy atom. The minimum atomic E-state index is -4.03. The van der Waals surface area contributed by atoms with Crippen LogP contribution >= 0.6 is 11.6 Å². The van der Waals surface area contributed by atoms with Crippen molar-refractivity contribution in [2.75, 3.05) is 6.54 Å². The number of halogens is 1. The molecule has 0 radical (unpaired) electrons. The van der Waals surface area contributed by atoms with Crippen molar-refractivity contribution in [3.05, 3.63) is 53.6 Å². The summed E-state index contributed by atoms with van der Waals surface area (Å²) >= 11 is 5.92. The summed E-state index contributed by atoms with van der Waals surface area (Å²) in [5.74, 6) is 1.49. The minimum absolute atomic E-state index is 0.00773. The fourth-order valence-corrected chi connectivity index (χ4v) is 8.30. The number of carbonyl (C=O) groups excluding carboxylic acids is 1. The van der Waals surface area contributed by atoms with Gasteiger partial charge in [-0.3, -0.25) is 9.59 Å². The van der Waals surface area contributed by atoms with Crippen LogP contribution in [0.4, 0.5) is 0 Å². The molecule has 4 fully saturated rings. The topological polar surface area (TPSA) is 113 Å². The van der Waals surface area contributed by atoms with Crippen molar-refractivity contribution in [3.8, 4) is 11.1 Å². The van der Waals surface area contributed by atoms with E-state index in [-0.39, 0.29) is 23.1 Å². The van der Waals surface area contributed by atoms with Crippen molar-refractivity contribution in [3.63, 3.8) is 0 Å². The highest BCUT2D eigenvalue weighted by molar-refractivity contribution is 7.89. The number of hydrogen-bond acceptors (Lipinski definition) is 4. The van der Waals surface area contributed by atoms with Crippen LogP contribution in [0.3, 0.4) is 0 Å². The predicted molar refractivity (Wildman–Crippen MR) is 141 cm³/mol. The Balaban J connectivity index is 1.13. The van der Waals surface area contributed by atoms with Crippen molar-refractivity contribution in [2.45, 2.75) is 55.9 Å². The number of aliphatic carboxylic acids is 1. The molecule has 4 bridgehead atoms. The molecular formula is C28H33ClN2O5S. The molecule has 3 N–H and O–H groups in total. The van der Waals surface area contributed by atoms with Crippen LogP contribution in [-0.2, 0) is 19.6 Å². The summed E-state index contributed by atoms with van der Waals surface area (Å²) < 4.78 is 28.0. The van der Waals surface area contributed by atoms with E-state index in [1.807, 2.05) is 12.1 Å². The molecule has 4 aliphatic carbocycles. The zero-order chi connectivity index (χ0) is 26.2. The summed E-state index contributed by atoms with van der Waals surface area (Å²) in [6, 6.07) is 12.2. The molecule has 2 aromatic rings. The summed E-state index contributed by atoms with van der Waals surface area (Å²) in [6.07, 6.45) is 6.43. The number of rotatable bonds is 10. The maximum atomic E-state index is 12.9. The van der Waals surface area contributed by atoms with E-state index in [0.29, 0.717) is 29.8 Å². The average Bonchev–Trinajstić information content (AvgIpc) is 2.85. The van der Waals surface area contributed by atoms with Gasteiger partial charge < -0.3 is 10.4 Å². The summed E-state index contributed by atoms with van der Waals surface area (Å²) in [7, 11) is -4.03. The molecule has 1 amide bonds. The number of hydrogen-bond donors (Lipinski definition) is 3. The Labute approximate surface area is 223 Å². The van der Waals surface area contributed by atoms with Crippen LogP contribution in [0.5, 0.6) is 0 Å². The Hall–Kier alpha value is -2.42. The van der Waals surface area contributed by atoms with Crippen LogP contribution < -0.4 is 10.0 Å². The number of benzene rings is 2. The van der Waals surface area contributed by atoms with E-state index in [1.165, 1.54) is 18.6 Å². The maximum absolute atomic E-state index is 12.9. The van der Waals surface area contributed by atoms with Gasteiger partial charge in [0.1, 0.15) is 6.04 Å². The van der Waals surface area contributed by atoms with Crippen LogP contribution in [0.15, 0.2) is 53.4 Å².